The van der Waals surface area contributed by atoms with Gasteiger partial charge in [0.15, 0.2) is 5.84 Å². The third kappa shape index (κ3) is 3.37. The summed E-state index contributed by atoms with van der Waals surface area (Å²) in [4.78, 5) is 12.4. The average Bonchev–Trinajstić information content (AvgIpc) is 2.76. The third-order valence-electron chi connectivity index (χ3n) is 3.75. The molecule has 0 aromatic rings. The summed E-state index contributed by atoms with van der Waals surface area (Å²) >= 11 is 0. The molecule has 5 nitrogen and oxygen atoms in total. The smallest absolute Gasteiger partial charge is 0.226 e. The number of nitrogens with two attached hydrogens (primary N) is 1. The van der Waals surface area contributed by atoms with Gasteiger partial charge < -0.3 is 16.3 Å². The molecule has 0 radical (unpaired) electrons. The van der Waals surface area contributed by atoms with Crippen molar-refractivity contribution in [1.29, 1.82) is 0 Å². The van der Waals surface area contributed by atoms with Gasteiger partial charge in [-0.05, 0) is 32.1 Å². The Morgan fingerprint density at radius 1 is 1.39 bits per heavy atom. The predicted molar refractivity (Wildman–Crippen MR) is 71.4 cm³/mol. The molecule has 0 aromatic carbocycles. The first-order chi connectivity index (χ1) is 8.41. The fraction of sp³-hybridized carbons (Fsp3) is 0.846. The summed E-state index contributed by atoms with van der Waals surface area (Å²) in [7, 11) is 0. The van der Waals surface area contributed by atoms with Gasteiger partial charge in [0.2, 0.25) is 5.91 Å². The van der Waals surface area contributed by atoms with E-state index < -0.39 is 6.04 Å². The molecule has 0 bridgehead atoms. The highest BCUT2D eigenvalue weighted by Gasteiger charge is 2.41. The van der Waals surface area contributed by atoms with Crippen molar-refractivity contribution >= 4 is 11.7 Å². The Morgan fingerprint density at radius 3 is 2.39 bits per heavy atom. The zero-order valence-electron chi connectivity index (χ0n) is 11.6. The Balaban J connectivity index is 2.72. The molecule has 0 saturated heterocycles. The number of carbonyl (C=O) groups excluding carboxylic acids is 1. The molecule has 1 fully saturated rings. The minimum absolute atomic E-state index is 0.0426. The largest absolute Gasteiger partial charge is 0.409 e. The molecule has 1 aliphatic rings. The van der Waals surface area contributed by atoms with Crippen LogP contribution < -0.4 is 11.1 Å². The fourth-order valence-electron chi connectivity index (χ4n) is 2.87. The number of rotatable bonds is 5. The lowest BCUT2D eigenvalue weighted by atomic mass is 9.77. The van der Waals surface area contributed by atoms with E-state index in [9.17, 15) is 4.79 Å². The maximum atomic E-state index is 12.4. The second-order valence-corrected chi connectivity index (χ2v) is 5.81. The van der Waals surface area contributed by atoms with Crippen LogP contribution in [0.25, 0.3) is 0 Å². The van der Waals surface area contributed by atoms with E-state index in [1.807, 2.05) is 0 Å². The highest BCUT2D eigenvalue weighted by Crippen LogP contribution is 2.43. The molecule has 1 atom stereocenters. The lowest BCUT2D eigenvalue weighted by Crippen LogP contribution is -2.48. The summed E-state index contributed by atoms with van der Waals surface area (Å²) in [5.41, 5.74) is 5.24. The van der Waals surface area contributed by atoms with Crippen LogP contribution in [0.2, 0.25) is 0 Å². The van der Waals surface area contributed by atoms with Crippen molar-refractivity contribution in [1.82, 2.24) is 5.32 Å². The number of hydrogen-bond donors (Lipinski definition) is 3. The summed E-state index contributed by atoms with van der Waals surface area (Å²) < 4.78 is 0. The maximum Gasteiger partial charge on any atom is 0.226 e. The van der Waals surface area contributed by atoms with Crippen molar-refractivity contribution in [3.63, 3.8) is 0 Å². The Hall–Kier alpha value is -1.26. The highest BCUT2D eigenvalue weighted by atomic mass is 16.4. The van der Waals surface area contributed by atoms with Crippen LogP contribution in [0.3, 0.4) is 0 Å². The standard InChI is InChI=1S/C13H25N3O2/c1-9(2)8-13(6-4-5-7-13)12(17)15-10(3)11(14)16-18/h9-10,18H,4-8H2,1-3H3,(H2,14,16)(H,15,17). The molecule has 5 heteroatoms. The van der Waals surface area contributed by atoms with E-state index in [2.05, 4.69) is 24.3 Å². The van der Waals surface area contributed by atoms with Gasteiger partial charge in [0.25, 0.3) is 0 Å². The molecular weight excluding hydrogens is 230 g/mol. The molecule has 4 N–H and O–H groups in total. The van der Waals surface area contributed by atoms with Crippen LogP contribution in [0.5, 0.6) is 0 Å². The zero-order valence-corrected chi connectivity index (χ0v) is 11.6. The zero-order chi connectivity index (χ0) is 13.8. The van der Waals surface area contributed by atoms with Crippen molar-refractivity contribution in [2.75, 3.05) is 0 Å². The van der Waals surface area contributed by atoms with Gasteiger partial charge in [0, 0.05) is 5.41 Å². The first kappa shape index (κ1) is 14.8. The second kappa shape index (κ2) is 6.07. The maximum absolute atomic E-state index is 12.4. The molecule has 104 valence electrons. The predicted octanol–water partition coefficient (Wildman–Crippen LogP) is 1.84. The first-order valence-corrected chi connectivity index (χ1v) is 6.69. The molecule has 1 amide bonds. The van der Waals surface area contributed by atoms with E-state index >= 15 is 0 Å². The Morgan fingerprint density at radius 2 is 1.94 bits per heavy atom. The minimum atomic E-state index is -0.424. The molecule has 0 aromatic heterocycles. The van der Waals surface area contributed by atoms with Gasteiger partial charge in [-0.1, -0.05) is 31.8 Å². The molecule has 18 heavy (non-hydrogen) atoms. The molecule has 1 aliphatic carbocycles. The van der Waals surface area contributed by atoms with Crippen LogP contribution in [0, 0.1) is 11.3 Å². The number of amidine groups is 1. The van der Waals surface area contributed by atoms with Gasteiger partial charge in [0.1, 0.15) is 0 Å². The monoisotopic (exact) mass is 255 g/mol. The summed E-state index contributed by atoms with van der Waals surface area (Å²) in [5, 5.41) is 14.4. The van der Waals surface area contributed by atoms with Crippen LogP contribution >= 0.6 is 0 Å². The van der Waals surface area contributed by atoms with E-state index in [0.29, 0.717) is 5.92 Å². The van der Waals surface area contributed by atoms with Gasteiger partial charge in [0.05, 0.1) is 6.04 Å². The van der Waals surface area contributed by atoms with Crippen LogP contribution in [-0.2, 0) is 4.79 Å². The van der Waals surface area contributed by atoms with E-state index in [1.54, 1.807) is 6.92 Å². The van der Waals surface area contributed by atoms with Gasteiger partial charge in [-0.25, -0.2) is 0 Å². The number of hydrogen-bond acceptors (Lipinski definition) is 3. The minimum Gasteiger partial charge on any atom is -0.409 e. The Labute approximate surface area is 109 Å². The molecule has 0 heterocycles. The molecule has 1 saturated carbocycles. The molecule has 0 aliphatic heterocycles. The van der Waals surface area contributed by atoms with Crippen molar-refractivity contribution in [3.8, 4) is 0 Å². The first-order valence-electron chi connectivity index (χ1n) is 6.69. The summed E-state index contributed by atoms with van der Waals surface area (Å²) in [6.45, 7) is 6.01. The van der Waals surface area contributed by atoms with Crippen molar-refractivity contribution in [3.05, 3.63) is 0 Å². The fourth-order valence-corrected chi connectivity index (χ4v) is 2.87. The van der Waals surface area contributed by atoms with Crippen molar-refractivity contribution < 1.29 is 10.0 Å². The van der Waals surface area contributed by atoms with Crippen molar-refractivity contribution in [2.24, 2.45) is 22.2 Å². The summed E-state index contributed by atoms with van der Waals surface area (Å²) in [6, 6.07) is -0.424. The SMILES string of the molecule is CC(C)CC1(C(=O)NC(C)C(N)=NO)CCCC1. The van der Waals surface area contributed by atoms with E-state index in [4.69, 9.17) is 10.9 Å². The van der Waals surface area contributed by atoms with Gasteiger partial charge in [-0.3, -0.25) is 4.79 Å². The van der Waals surface area contributed by atoms with Gasteiger partial charge in [-0.2, -0.15) is 0 Å². The van der Waals surface area contributed by atoms with Crippen LogP contribution in [0.15, 0.2) is 5.16 Å². The van der Waals surface area contributed by atoms with Crippen molar-refractivity contribution in [2.45, 2.75) is 58.9 Å². The molecule has 1 rings (SSSR count). The van der Waals surface area contributed by atoms with Crippen LogP contribution in [0.1, 0.15) is 52.9 Å². The van der Waals surface area contributed by atoms with E-state index in [-0.39, 0.29) is 17.2 Å². The lowest BCUT2D eigenvalue weighted by Gasteiger charge is -2.30. The second-order valence-electron chi connectivity index (χ2n) is 5.81. The van der Waals surface area contributed by atoms with Crippen LogP contribution in [-0.4, -0.2) is 23.0 Å². The number of carbonyl (C=O) groups is 1. The van der Waals surface area contributed by atoms with E-state index in [0.717, 1.165) is 32.1 Å². The Kier molecular flexibility index (Phi) is 4.99. The number of oxime groups is 1. The highest BCUT2D eigenvalue weighted by molar-refractivity contribution is 5.91. The van der Waals surface area contributed by atoms with Gasteiger partial charge >= 0.3 is 0 Å². The molecule has 0 spiro atoms. The Bertz CT molecular complexity index is 320. The average molecular weight is 255 g/mol. The number of nitrogens with one attached hydrogen (secondary N) is 1. The normalized spacial score (nSPS) is 21.0. The number of nitrogens with zero attached hydrogens (tertiary/aromatic N) is 1. The number of amides is 1. The topological polar surface area (TPSA) is 87.7 Å². The third-order valence-corrected chi connectivity index (χ3v) is 3.75. The summed E-state index contributed by atoms with van der Waals surface area (Å²) in [5.74, 6) is 0.585. The van der Waals surface area contributed by atoms with E-state index in [1.165, 1.54) is 0 Å². The summed E-state index contributed by atoms with van der Waals surface area (Å²) in [6.07, 6.45) is 5.01. The lowest BCUT2D eigenvalue weighted by molar-refractivity contribution is -0.132. The molecular formula is C13H25N3O2. The van der Waals surface area contributed by atoms with Gasteiger partial charge in [-0.15, -0.1) is 0 Å². The van der Waals surface area contributed by atoms with Crippen LogP contribution in [0.4, 0.5) is 0 Å². The molecule has 1 unspecified atom stereocenters. The quantitative estimate of drug-likeness (QED) is 0.303.